The summed E-state index contributed by atoms with van der Waals surface area (Å²) >= 11 is 0. The molecule has 1 aliphatic rings. The molecular formula is C15H20O5. The summed E-state index contributed by atoms with van der Waals surface area (Å²) in [5.74, 6) is 0.911. The second-order valence-electron chi connectivity index (χ2n) is 4.65. The lowest BCUT2D eigenvalue weighted by Crippen LogP contribution is -2.50. The fourth-order valence-corrected chi connectivity index (χ4v) is 2.00. The van der Waals surface area contributed by atoms with Crippen LogP contribution in [0.25, 0.3) is 0 Å². The molecule has 0 saturated heterocycles. The van der Waals surface area contributed by atoms with Crippen molar-refractivity contribution < 1.29 is 23.7 Å². The maximum atomic E-state index is 11.5. The standard InChI is InChI=1S/C15H20O5/c1-17-7-8-19-15-13(16)9-14(15)20-10-11-3-5-12(18-2)6-4-11/h3-6,14-15H,7-10H2,1-2H3. The van der Waals surface area contributed by atoms with Crippen LogP contribution in [0, 0.1) is 0 Å². The molecule has 0 bridgehead atoms. The molecule has 0 heterocycles. The number of rotatable bonds is 8. The van der Waals surface area contributed by atoms with E-state index in [0.29, 0.717) is 26.2 Å². The zero-order valence-electron chi connectivity index (χ0n) is 11.8. The molecule has 2 rings (SSSR count). The van der Waals surface area contributed by atoms with E-state index in [1.165, 1.54) is 0 Å². The number of hydrogen-bond acceptors (Lipinski definition) is 5. The van der Waals surface area contributed by atoms with E-state index in [0.717, 1.165) is 11.3 Å². The van der Waals surface area contributed by atoms with E-state index >= 15 is 0 Å². The average Bonchev–Trinajstić information content (AvgIpc) is 2.48. The summed E-state index contributed by atoms with van der Waals surface area (Å²) in [5, 5.41) is 0. The first kappa shape index (κ1) is 15.0. The van der Waals surface area contributed by atoms with E-state index < -0.39 is 6.10 Å². The van der Waals surface area contributed by atoms with Gasteiger partial charge in [0.1, 0.15) is 11.9 Å². The summed E-state index contributed by atoms with van der Waals surface area (Å²) in [7, 11) is 3.23. The van der Waals surface area contributed by atoms with Crippen LogP contribution >= 0.6 is 0 Å². The van der Waals surface area contributed by atoms with Crippen molar-refractivity contribution in [2.45, 2.75) is 25.2 Å². The Kier molecular flexibility index (Phi) is 5.52. The monoisotopic (exact) mass is 280 g/mol. The molecule has 0 amide bonds. The quantitative estimate of drug-likeness (QED) is 0.677. The van der Waals surface area contributed by atoms with Crippen molar-refractivity contribution >= 4 is 5.78 Å². The zero-order valence-corrected chi connectivity index (χ0v) is 11.8. The highest BCUT2D eigenvalue weighted by atomic mass is 16.6. The van der Waals surface area contributed by atoms with Gasteiger partial charge in [-0.3, -0.25) is 4.79 Å². The van der Waals surface area contributed by atoms with Crippen LogP contribution in [0.15, 0.2) is 24.3 Å². The summed E-state index contributed by atoms with van der Waals surface area (Å²) in [6.07, 6.45) is -0.168. The lowest BCUT2D eigenvalue weighted by atomic mass is 9.90. The maximum Gasteiger partial charge on any atom is 0.166 e. The molecule has 1 aromatic rings. The van der Waals surface area contributed by atoms with Crippen LogP contribution in [0.5, 0.6) is 5.75 Å². The van der Waals surface area contributed by atoms with Crippen LogP contribution < -0.4 is 4.74 Å². The van der Waals surface area contributed by atoms with Crippen molar-refractivity contribution in [3.63, 3.8) is 0 Å². The number of methoxy groups -OCH3 is 2. The fourth-order valence-electron chi connectivity index (χ4n) is 2.00. The summed E-state index contributed by atoms with van der Waals surface area (Å²) in [5.41, 5.74) is 1.04. The highest BCUT2D eigenvalue weighted by molar-refractivity contribution is 5.90. The number of ketones is 1. The Morgan fingerprint density at radius 1 is 1.10 bits per heavy atom. The summed E-state index contributed by atoms with van der Waals surface area (Å²) in [6.45, 7) is 1.36. The molecule has 20 heavy (non-hydrogen) atoms. The predicted molar refractivity (Wildman–Crippen MR) is 72.8 cm³/mol. The van der Waals surface area contributed by atoms with Gasteiger partial charge >= 0.3 is 0 Å². The normalized spacial score (nSPS) is 21.6. The molecule has 1 aliphatic carbocycles. The van der Waals surface area contributed by atoms with E-state index in [4.69, 9.17) is 18.9 Å². The van der Waals surface area contributed by atoms with Gasteiger partial charge in [-0.2, -0.15) is 0 Å². The molecule has 0 aliphatic heterocycles. The van der Waals surface area contributed by atoms with Gasteiger partial charge in [0.2, 0.25) is 0 Å². The topological polar surface area (TPSA) is 54.0 Å². The SMILES string of the molecule is COCCOC1C(=O)CC1OCc1ccc(OC)cc1. The fraction of sp³-hybridized carbons (Fsp3) is 0.533. The lowest BCUT2D eigenvalue weighted by Gasteiger charge is -2.34. The van der Waals surface area contributed by atoms with E-state index in [-0.39, 0.29) is 11.9 Å². The van der Waals surface area contributed by atoms with E-state index in [2.05, 4.69) is 0 Å². The van der Waals surface area contributed by atoms with Gasteiger partial charge in [0, 0.05) is 13.5 Å². The minimum absolute atomic E-state index is 0.0980. The van der Waals surface area contributed by atoms with Crippen LogP contribution in [0.3, 0.4) is 0 Å². The van der Waals surface area contributed by atoms with Gasteiger partial charge in [-0.15, -0.1) is 0 Å². The number of hydrogen-bond donors (Lipinski definition) is 0. The third-order valence-electron chi connectivity index (χ3n) is 3.27. The summed E-state index contributed by atoms with van der Waals surface area (Å²) in [4.78, 5) is 11.5. The molecule has 0 aromatic heterocycles. The molecule has 5 heteroatoms. The largest absolute Gasteiger partial charge is 0.497 e. The molecule has 1 aromatic carbocycles. The summed E-state index contributed by atoms with van der Waals surface area (Å²) in [6, 6.07) is 7.66. The first-order chi connectivity index (χ1) is 9.74. The molecule has 1 saturated carbocycles. The molecule has 0 N–H and O–H groups in total. The molecular weight excluding hydrogens is 260 g/mol. The Bertz CT molecular complexity index is 428. The Balaban J connectivity index is 1.76. The number of carbonyl (C=O) groups is 1. The molecule has 0 spiro atoms. The second-order valence-corrected chi connectivity index (χ2v) is 4.65. The Hall–Kier alpha value is -1.43. The molecule has 5 nitrogen and oxygen atoms in total. The minimum atomic E-state index is -0.441. The Morgan fingerprint density at radius 3 is 2.45 bits per heavy atom. The molecule has 2 unspecified atom stereocenters. The van der Waals surface area contributed by atoms with Crippen molar-refractivity contribution in [1.82, 2.24) is 0 Å². The highest BCUT2D eigenvalue weighted by Crippen LogP contribution is 2.24. The highest BCUT2D eigenvalue weighted by Gasteiger charge is 2.41. The van der Waals surface area contributed by atoms with Crippen LogP contribution in [0.2, 0.25) is 0 Å². The minimum Gasteiger partial charge on any atom is -0.497 e. The van der Waals surface area contributed by atoms with Crippen molar-refractivity contribution in [3.8, 4) is 5.75 Å². The number of benzene rings is 1. The van der Waals surface area contributed by atoms with Crippen molar-refractivity contribution in [3.05, 3.63) is 29.8 Å². The van der Waals surface area contributed by atoms with Crippen LogP contribution in [-0.4, -0.2) is 45.4 Å². The van der Waals surface area contributed by atoms with Crippen LogP contribution in [-0.2, 0) is 25.6 Å². The lowest BCUT2D eigenvalue weighted by molar-refractivity contribution is -0.169. The third-order valence-corrected chi connectivity index (χ3v) is 3.27. The third kappa shape index (κ3) is 3.79. The van der Waals surface area contributed by atoms with Gasteiger partial charge < -0.3 is 18.9 Å². The average molecular weight is 280 g/mol. The van der Waals surface area contributed by atoms with E-state index in [9.17, 15) is 4.79 Å². The number of ether oxygens (including phenoxy) is 4. The molecule has 2 atom stereocenters. The van der Waals surface area contributed by atoms with Gasteiger partial charge in [0.05, 0.1) is 33.0 Å². The number of carbonyl (C=O) groups excluding carboxylic acids is 1. The first-order valence-corrected chi connectivity index (χ1v) is 6.62. The van der Waals surface area contributed by atoms with Gasteiger partial charge in [-0.25, -0.2) is 0 Å². The van der Waals surface area contributed by atoms with Crippen molar-refractivity contribution in [1.29, 1.82) is 0 Å². The van der Waals surface area contributed by atoms with Crippen molar-refractivity contribution in [2.75, 3.05) is 27.4 Å². The molecule has 0 radical (unpaired) electrons. The molecule has 1 fully saturated rings. The molecule has 110 valence electrons. The van der Waals surface area contributed by atoms with Gasteiger partial charge in [-0.05, 0) is 17.7 Å². The Labute approximate surface area is 118 Å². The summed E-state index contributed by atoms with van der Waals surface area (Å²) < 4.78 is 21.2. The Morgan fingerprint density at radius 2 is 1.85 bits per heavy atom. The second kappa shape index (κ2) is 7.38. The van der Waals surface area contributed by atoms with Gasteiger partial charge in [-0.1, -0.05) is 12.1 Å². The zero-order chi connectivity index (χ0) is 14.4. The van der Waals surface area contributed by atoms with Crippen LogP contribution in [0.1, 0.15) is 12.0 Å². The first-order valence-electron chi connectivity index (χ1n) is 6.62. The van der Waals surface area contributed by atoms with Crippen molar-refractivity contribution in [2.24, 2.45) is 0 Å². The van der Waals surface area contributed by atoms with Crippen LogP contribution in [0.4, 0.5) is 0 Å². The number of Topliss-reactive ketones (excluding diaryl/α,β-unsaturated/α-hetero) is 1. The predicted octanol–water partition coefficient (Wildman–Crippen LogP) is 1.58. The van der Waals surface area contributed by atoms with E-state index in [1.54, 1.807) is 14.2 Å². The maximum absolute atomic E-state index is 11.5. The van der Waals surface area contributed by atoms with Gasteiger partial charge in [0.15, 0.2) is 5.78 Å². The smallest absolute Gasteiger partial charge is 0.166 e. The van der Waals surface area contributed by atoms with Gasteiger partial charge in [0.25, 0.3) is 0 Å². The van der Waals surface area contributed by atoms with E-state index in [1.807, 2.05) is 24.3 Å².